The van der Waals surface area contributed by atoms with Crippen LogP contribution in [0.4, 0.5) is 0 Å². The maximum absolute atomic E-state index is 9.22. The molecule has 0 aliphatic heterocycles. The first kappa shape index (κ1) is 14.1. The summed E-state index contributed by atoms with van der Waals surface area (Å²) in [6, 6.07) is 13.1. The first-order chi connectivity index (χ1) is 8.98. The van der Waals surface area contributed by atoms with Crippen LogP contribution < -0.4 is 0 Å². The fourth-order valence-electron chi connectivity index (χ4n) is 3.55. The van der Waals surface area contributed by atoms with E-state index in [0.29, 0.717) is 11.8 Å². The van der Waals surface area contributed by atoms with Crippen LogP contribution in [0.3, 0.4) is 0 Å². The van der Waals surface area contributed by atoms with E-state index in [0.717, 1.165) is 18.8 Å². The largest absolute Gasteiger partial charge is 0.198 e. The molecule has 0 aromatic heterocycles. The summed E-state index contributed by atoms with van der Waals surface area (Å²) in [6.07, 6.45) is 5.48. The summed E-state index contributed by atoms with van der Waals surface area (Å²) in [6.45, 7) is 7.03. The Hall–Kier alpha value is -1.29. The van der Waals surface area contributed by atoms with Crippen LogP contribution in [0, 0.1) is 22.7 Å². The van der Waals surface area contributed by atoms with Crippen LogP contribution in [-0.2, 0) is 5.41 Å². The fourth-order valence-corrected chi connectivity index (χ4v) is 3.55. The molecule has 2 rings (SSSR count). The quantitative estimate of drug-likeness (QED) is 0.723. The molecular formula is C18H25N. The average molecular weight is 255 g/mol. The average Bonchev–Trinajstić information content (AvgIpc) is 2.39. The van der Waals surface area contributed by atoms with Gasteiger partial charge in [0, 0.05) is 11.8 Å². The van der Waals surface area contributed by atoms with Crippen LogP contribution in [0.1, 0.15) is 58.4 Å². The summed E-state index contributed by atoms with van der Waals surface area (Å²) in [5.74, 6) is 0.794. The van der Waals surface area contributed by atoms with Crippen molar-refractivity contribution in [1.82, 2.24) is 0 Å². The SMILES string of the molecule is CC(C)(C)C1CCC(CC#N)(c2ccccc2)CC1. The highest BCUT2D eigenvalue weighted by Crippen LogP contribution is 2.48. The Kier molecular flexibility index (Phi) is 3.99. The number of benzene rings is 1. The van der Waals surface area contributed by atoms with E-state index in [1.165, 1.54) is 18.4 Å². The Labute approximate surface area is 117 Å². The normalized spacial score (nSPS) is 27.8. The topological polar surface area (TPSA) is 23.8 Å². The minimum Gasteiger partial charge on any atom is -0.198 e. The van der Waals surface area contributed by atoms with E-state index in [-0.39, 0.29) is 5.41 Å². The van der Waals surface area contributed by atoms with Crippen molar-refractivity contribution in [3.8, 4) is 6.07 Å². The van der Waals surface area contributed by atoms with Gasteiger partial charge in [-0.1, -0.05) is 51.1 Å². The first-order valence-corrected chi connectivity index (χ1v) is 7.40. The molecule has 0 N–H and O–H groups in total. The predicted molar refractivity (Wildman–Crippen MR) is 79.8 cm³/mol. The lowest BCUT2D eigenvalue weighted by Gasteiger charge is -2.43. The summed E-state index contributed by atoms with van der Waals surface area (Å²) < 4.78 is 0. The summed E-state index contributed by atoms with van der Waals surface area (Å²) in [5, 5.41) is 9.22. The van der Waals surface area contributed by atoms with Crippen molar-refractivity contribution < 1.29 is 0 Å². The van der Waals surface area contributed by atoms with Crippen LogP contribution in [0.25, 0.3) is 0 Å². The zero-order valence-corrected chi connectivity index (χ0v) is 12.4. The van der Waals surface area contributed by atoms with Gasteiger partial charge in [0.05, 0.1) is 6.07 Å². The van der Waals surface area contributed by atoms with E-state index in [4.69, 9.17) is 0 Å². The molecule has 1 fully saturated rings. The molecule has 1 heteroatoms. The zero-order chi connectivity index (χ0) is 13.9. The van der Waals surface area contributed by atoms with Crippen molar-refractivity contribution in [3.63, 3.8) is 0 Å². The second kappa shape index (κ2) is 5.37. The van der Waals surface area contributed by atoms with Crippen molar-refractivity contribution in [2.24, 2.45) is 11.3 Å². The van der Waals surface area contributed by atoms with Gasteiger partial charge in [-0.15, -0.1) is 0 Å². The minimum absolute atomic E-state index is 0.109. The van der Waals surface area contributed by atoms with Gasteiger partial charge in [-0.3, -0.25) is 0 Å². The van der Waals surface area contributed by atoms with Gasteiger partial charge in [0.1, 0.15) is 0 Å². The highest BCUT2D eigenvalue weighted by Gasteiger charge is 2.39. The number of hydrogen-bond donors (Lipinski definition) is 0. The Morgan fingerprint density at radius 1 is 1.16 bits per heavy atom. The van der Waals surface area contributed by atoms with E-state index in [1.807, 2.05) is 0 Å². The van der Waals surface area contributed by atoms with E-state index in [9.17, 15) is 5.26 Å². The van der Waals surface area contributed by atoms with Crippen LogP contribution in [0.2, 0.25) is 0 Å². The highest BCUT2D eigenvalue weighted by molar-refractivity contribution is 5.27. The number of nitrogens with zero attached hydrogens (tertiary/aromatic N) is 1. The van der Waals surface area contributed by atoms with Crippen LogP contribution in [-0.4, -0.2) is 0 Å². The van der Waals surface area contributed by atoms with Crippen LogP contribution in [0.15, 0.2) is 30.3 Å². The number of rotatable bonds is 2. The van der Waals surface area contributed by atoms with E-state index < -0.39 is 0 Å². The van der Waals surface area contributed by atoms with E-state index >= 15 is 0 Å². The summed E-state index contributed by atoms with van der Waals surface area (Å²) >= 11 is 0. The monoisotopic (exact) mass is 255 g/mol. The second-order valence-corrected chi connectivity index (χ2v) is 7.12. The van der Waals surface area contributed by atoms with Crippen LogP contribution >= 0.6 is 0 Å². The summed E-state index contributed by atoms with van der Waals surface area (Å²) in [5.41, 5.74) is 1.87. The first-order valence-electron chi connectivity index (χ1n) is 7.40. The molecule has 1 aromatic carbocycles. The highest BCUT2D eigenvalue weighted by atomic mass is 14.4. The molecule has 1 aromatic rings. The molecule has 0 atom stereocenters. The molecule has 1 saturated carbocycles. The summed E-state index contributed by atoms with van der Waals surface area (Å²) in [4.78, 5) is 0. The molecular weight excluding hydrogens is 230 g/mol. The minimum atomic E-state index is 0.109. The number of nitriles is 1. The molecule has 0 bridgehead atoms. The van der Waals surface area contributed by atoms with Gasteiger partial charge in [0.25, 0.3) is 0 Å². The van der Waals surface area contributed by atoms with Gasteiger partial charge < -0.3 is 0 Å². The van der Waals surface area contributed by atoms with Crippen molar-refractivity contribution in [2.75, 3.05) is 0 Å². The lowest BCUT2D eigenvalue weighted by Crippen LogP contribution is -2.35. The van der Waals surface area contributed by atoms with Gasteiger partial charge in [-0.05, 0) is 42.6 Å². The molecule has 0 spiro atoms. The Balaban J connectivity index is 2.19. The van der Waals surface area contributed by atoms with Gasteiger partial charge in [0.15, 0.2) is 0 Å². The van der Waals surface area contributed by atoms with Gasteiger partial charge in [0.2, 0.25) is 0 Å². The summed E-state index contributed by atoms with van der Waals surface area (Å²) in [7, 11) is 0. The van der Waals surface area contributed by atoms with Crippen molar-refractivity contribution in [3.05, 3.63) is 35.9 Å². The van der Waals surface area contributed by atoms with Gasteiger partial charge in [-0.2, -0.15) is 5.26 Å². The molecule has 1 aliphatic rings. The maximum atomic E-state index is 9.22. The number of hydrogen-bond acceptors (Lipinski definition) is 1. The lowest BCUT2D eigenvalue weighted by atomic mass is 9.61. The van der Waals surface area contributed by atoms with Crippen LogP contribution in [0.5, 0.6) is 0 Å². The predicted octanol–water partition coefficient (Wildman–Crippen LogP) is 5.07. The third kappa shape index (κ3) is 3.00. The van der Waals surface area contributed by atoms with E-state index in [1.54, 1.807) is 0 Å². The molecule has 1 nitrogen and oxygen atoms in total. The Bertz CT molecular complexity index is 439. The third-order valence-electron chi connectivity index (χ3n) is 4.97. The smallest absolute Gasteiger partial charge is 0.0631 e. The molecule has 0 radical (unpaired) electrons. The molecule has 102 valence electrons. The third-order valence-corrected chi connectivity index (χ3v) is 4.97. The standard InChI is InChI=1S/C18H25N/c1-17(2,3)15-9-11-18(12-10-15,13-14-19)16-7-5-4-6-8-16/h4-8,15H,9-13H2,1-3H3. The molecule has 19 heavy (non-hydrogen) atoms. The fraction of sp³-hybridized carbons (Fsp3) is 0.611. The molecule has 0 saturated heterocycles. The van der Waals surface area contributed by atoms with E-state index in [2.05, 4.69) is 57.2 Å². The van der Waals surface area contributed by atoms with Gasteiger partial charge in [-0.25, -0.2) is 0 Å². The van der Waals surface area contributed by atoms with Crippen molar-refractivity contribution >= 4 is 0 Å². The molecule has 0 heterocycles. The maximum Gasteiger partial charge on any atom is 0.0631 e. The van der Waals surface area contributed by atoms with Gasteiger partial charge >= 0.3 is 0 Å². The second-order valence-electron chi connectivity index (χ2n) is 7.12. The molecule has 0 amide bonds. The Morgan fingerprint density at radius 2 is 1.74 bits per heavy atom. The lowest BCUT2D eigenvalue weighted by molar-refractivity contribution is 0.133. The molecule has 1 aliphatic carbocycles. The Morgan fingerprint density at radius 3 is 2.21 bits per heavy atom. The zero-order valence-electron chi connectivity index (χ0n) is 12.4. The van der Waals surface area contributed by atoms with Crippen molar-refractivity contribution in [1.29, 1.82) is 5.26 Å². The molecule has 0 unspecified atom stereocenters. The van der Waals surface area contributed by atoms with Crippen molar-refractivity contribution in [2.45, 2.75) is 58.3 Å².